The molecule has 4 aromatic heterocycles. The summed E-state index contributed by atoms with van der Waals surface area (Å²) in [5.41, 5.74) is 15.1. The van der Waals surface area contributed by atoms with Crippen LogP contribution in [0, 0.1) is 13.8 Å². The molecule has 0 atom stereocenters. The van der Waals surface area contributed by atoms with Crippen LogP contribution >= 0.6 is 23.7 Å². The molecule has 0 aliphatic carbocycles. The number of rotatable bonds is 6. The maximum atomic E-state index is 12.3. The molecule has 77 heavy (non-hydrogen) atoms. The SMILES string of the molecule is Brc1cnc2ccccc2c1.COC.COC.COC.COC.Cc1cnc2ccccc2c1.Cc1cnc2ccccc2c1.O=C(O)c1cnc2ccccc2c1.[N-]=[N+]=NP(=O)(Oc1ccccc1)Oc1ccccc1. The van der Waals surface area contributed by atoms with Crippen LogP contribution in [0.25, 0.3) is 54.1 Å². The number of aromatic nitrogens is 4. The van der Waals surface area contributed by atoms with E-state index in [1.165, 1.54) is 33.5 Å². The van der Waals surface area contributed by atoms with Crippen LogP contribution in [-0.4, -0.2) is 87.9 Å². The largest absolute Gasteiger partial charge is 0.525 e. The van der Waals surface area contributed by atoms with Crippen LogP contribution in [0.5, 0.6) is 11.5 Å². The average molecular weight is 1130 g/mol. The highest BCUT2D eigenvalue weighted by molar-refractivity contribution is 9.10. The molecule has 402 valence electrons. The number of para-hydroxylation sites is 6. The summed E-state index contributed by atoms with van der Waals surface area (Å²) in [6, 6.07) is 56.5. The molecule has 0 fully saturated rings. The molecule has 4 heterocycles. The van der Waals surface area contributed by atoms with Crippen LogP contribution in [0.4, 0.5) is 0 Å². The van der Waals surface area contributed by atoms with Crippen molar-refractivity contribution in [3.05, 3.63) is 238 Å². The molecule has 0 radical (unpaired) electrons. The van der Waals surface area contributed by atoms with Crippen molar-refractivity contribution < 1.29 is 42.5 Å². The highest BCUT2D eigenvalue weighted by Crippen LogP contribution is 2.50. The van der Waals surface area contributed by atoms with Crippen LogP contribution in [0.3, 0.4) is 0 Å². The molecule has 0 saturated heterocycles. The van der Waals surface area contributed by atoms with E-state index in [2.05, 4.69) is 109 Å². The zero-order valence-corrected chi connectivity index (χ0v) is 47.3. The van der Waals surface area contributed by atoms with Gasteiger partial charge in [-0.05, 0) is 119 Å². The summed E-state index contributed by atoms with van der Waals surface area (Å²) in [5, 5.41) is 13.2. The lowest BCUT2D eigenvalue weighted by molar-refractivity contribution is 0.0696. The number of carboxylic acid groups (broad SMARTS) is 1. The van der Waals surface area contributed by atoms with Crippen LogP contribution < -0.4 is 9.05 Å². The third kappa shape index (κ3) is 26.3. The van der Waals surface area contributed by atoms with E-state index in [4.69, 9.17) is 19.7 Å². The van der Waals surface area contributed by atoms with Gasteiger partial charge in [-0.3, -0.25) is 19.9 Å². The number of pyridine rings is 4. The second-order valence-corrected chi connectivity index (χ2v) is 18.0. The number of halogens is 1. The molecule has 0 aliphatic rings. The van der Waals surface area contributed by atoms with E-state index >= 15 is 0 Å². The first-order valence-corrected chi connectivity index (χ1v) is 25.5. The van der Waals surface area contributed by atoms with E-state index in [9.17, 15) is 9.36 Å². The minimum absolute atomic E-state index is 0.221. The van der Waals surface area contributed by atoms with E-state index in [0.717, 1.165) is 31.9 Å². The van der Waals surface area contributed by atoms with Crippen molar-refractivity contribution in [2.24, 2.45) is 4.88 Å². The minimum Gasteiger partial charge on any atom is -0.478 e. The van der Waals surface area contributed by atoms with Gasteiger partial charge in [-0.2, -0.15) is 0 Å². The van der Waals surface area contributed by atoms with Gasteiger partial charge in [0, 0.05) is 117 Å². The summed E-state index contributed by atoms with van der Waals surface area (Å²) < 4.78 is 40.6. The Labute approximate surface area is 459 Å². The topological polar surface area (TPSA) is 210 Å². The quantitative estimate of drug-likeness (QED) is 0.0712. The predicted molar refractivity (Wildman–Crippen MR) is 314 cm³/mol. The Hall–Kier alpha value is -8.11. The maximum Gasteiger partial charge on any atom is 0.525 e. The van der Waals surface area contributed by atoms with E-state index in [-0.39, 0.29) is 5.56 Å². The lowest BCUT2D eigenvalue weighted by Crippen LogP contribution is -1.97. The molecule has 0 bridgehead atoms. The summed E-state index contributed by atoms with van der Waals surface area (Å²) in [6.07, 6.45) is 6.96. The third-order valence-corrected chi connectivity index (χ3v) is 10.5. The van der Waals surface area contributed by atoms with Gasteiger partial charge in [-0.15, -0.1) is 0 Å². The van der Waals surface area contributed by atoms with Gasteiger partial charge in [-0.1, -0.05) is 109 Å². The second kappa shape index (κ2) is 38.4. The van der Waals surface area contributed by atoms with Crippen molar-refractivity contribution in [1.29, 1.82) is 0 Å². The van der Waals surface area contributed by atoms with Crippen LogP contribution in [0.1, 0.15) is 21.5 Å². The van der Waals surface area contributed by atoms with Crippen LogP contribution in [0.15, 0.2) is 216 Å². The fourth-order valence-electron chi connectivity index (χ4n) is 5.93. The number of carbonyl (C=O) groups is 1. The molecule has 6 aromatic carbocycles. The number of azide groups is 1. The van der Waals surface area contributed by atoms with E-state index < -0.39 is 13.7 Å². The lowest BCUT2D eigenvalue weighted by atomic mass is 10.2. The number of hydrogen-bond acceptors (Lipinski definition) is 12. The zero-order valence-electron chi connectivity index (χ0n) is 44.8. The normalized spacial score (nSPS) is 9.60. The van der Waals surface area contributed by atoms with E-state index in [1.807, 2.05) is 104 Å². The molecule has 0 unspecified atom stereocenters. The second-order valence-electron chi connectivity index (χ2n) is 15.6. The minimum atomic E-state index is -3.95. The highest BCUT2D eigenvalue weighted by Gasteiger charge is 2.26. The third-order valence-electron chi connectivity index (χ3n) is 8.93. The maximum absolute atomic E-state index is 12.3. The van der Waals surface area contributed by atoms with Crippen molar-refractivity contribution in [3.63, 3.8) is 0 Å². The van der Waals surface area contributed by atoms with E-state index in [0.29, 0.717) is 11.5 Å². The van der Waals surface area contributed by atoms with Crippen molar-refractivity contribution in [3.8, 4) is 11.5 Å². The van der Waals surface area contributed by atoms with Crippen molar-refractivity contribution in [2.75, 3.05) is 56.9 Å². The van der Waals surface area contributed by atoms with Gasteiger partial charge in [0.05, 0.1) is 27.6 Å². The number of aryl methyl sites for hydroxylation is 2. The molecule has 16 nitrogen and oxygen atoms in total. The Balaban J connectivity index is 0.000000316. The number of fused-ring (bicyclic) bond motifs is 4. The Morgan fingerprint density at radius 1 is 0.481 bits per heavy atom. The van der Waals surface area contributed by atoms with Crippen LogP contribution in [-0.2, 0) is 23.5 Å². The predicted octanol–water partition coefficient (Wildman–Crippen LogP) is 15.6. The van der Waals surface area contributed by atoms with Gasteiger partial charge in [0.25, 0.3) is 0 Å². The summed E-state index contributed by atoms with van der Waals surface area (Å²) in [5.74, 6) is -0.346. The Bertz CT molecular complexity index is 3100. The first-order valence-electron chi connectivity index (χ1n) is 23.2. The summed E-state index contributed by atoms with van der Waals surface area (Å²) in [4.78, 5) is 33.1. The zero-order chi connectivity index (χ0) is 56.7. The molecule has 10 aromatic rings. The molecule has 0 aliphatic heterocycles. The van der Waals surface area contributed by atoms with Crippen molar-refractivity contribution >= 4 is 73.3 Å². The number of hydrogen-bond donors (Lipinski definition) is 1. The number of aromatic carboxylic acids is 1. The van der Waals surface area contributed by atoms with Gasteiger partial charge < -0.3 is 33.1 Å². The van der Waals surface area contributed by atoms with Gasteiger partial charge in [-0.25, -0.2) is 9.36 Å². The first kappa shape index (κ1) is 65.0. The highest BCUT2D eigenvalue weighted by atomic mass is 79.9. The monoisotopic (exact) mass is 1130 g/mol. The Morgan fingerprint density at radius 3 is 1.13 bits per heavy atom. The fraction of sp³-hybridized carbons (Fsp3) is 0.169. The molecule has 0 saturated carbocycles. The molecule has 10 rings (SSSR count). The number of ether oxygens (including phenoxy) is 4. The van der Waals surface area contributed by atoms with Crippen LogP contribution in [0.2, 0.25) is 0 Å². The van der Waals surface area contributed by atoms with Crippen molar-refractivity contribution in [1.82, 2.24) is 19.9 Å². The number of benzene rings is 6. The molecular formula is C59H65BrN7O9P. The summed E-state index contributed by atoms with van der Waals surface area (Å²) >= 11 is 3.37. The molecule has 18 heteroatoms. The number of nitrogens with zero attached hydrogens (tertiary/aromatic N) is 7. The standard InChI is InChI=1S/C12H10N3O3P.C10H7NO2.2C10H9N.C9H6BrN.4C2H6O/c13-14-15-19(16,17-11-7-3-1-4-8-11)18-12-9-5-2-6-10-12;12-10(13)8-5-7-3-1-2-4-9(7)11-6-8;2*1-8-6-9-4-2-3-5-10(9)11-7-8;10-8-5-7-3-1-2-4-9(7)11-6-8;4*1-3-2/h1-10H;1-6H,(H,12,13);2*2-7H,1H3;1-6H;4*1-2H3. The molecule has 0 amide bonds. The fourth-order valence-corrected chi connectivity index (χ4v) is 7.26. The Morgan fingerprint density at radius 2 is 0.779 bits per heavy atom. The van der Waals surface area contributed by atoms with Gasteiger partial charge in [0.1, 0.15) is 11.5 Å². The summed E-state index contributed by atoms with van der Waals surface area (Å²) in [6.45, 7) is 4.11. The average Bonchev–Trinajstić information content (AvgIpc) is 3.43. The van der Waals surface area contributed by atoms with Gasteiger partial charge in [0.15, 0.2) is 0 Å². The molecule has 0 spiro atoms. The molecular weight excluding hydrogens is 1060 g/mol. The van der Waals surface area contributed by atoms with Gasteiger partial charge >= 0.3 is 13.7 Å². The first-order chi connectivity index (χ1) is 37.2. The van der Waals surface area contributed by atoms with E-state index in [1.54, 1.807) is 124 Å². The number of methoxy groups -OCH3 is 4. The van der Waals surface area contributed by atoms with Crippen molar-refractivity contribution in [2.45, 2.75) is 13.8 Å². The Kier molecular flexibility index (Phi) is 32.5. The lowest BCUT2D eigenvalue weighted by Gasteiger charge is -2.14. The summed E-state index contributed by atoms with van der Waals surface area (Å²) in [7, 11) is 9.05. The van der Waals surface area contributed by atoms with Gasteiger partial charge in [0.2, 0.25) is 0 Å². The molecule has 1 N–H and O–H groups in total. The smallest absolute Gasteiger partial charge is 0.478 e. The number of carboxylic acids is 1.